The van der Waals surface area contributed by atoms with E-state index in [9.17, 15) is 4.79 Å². The molecular weight excluding hydrogens is 334 g/mol. The summed E-state index contributed by atoms with van der Waals surface area (Å²) in [6.07, 6.45) is 0. The van der Waals surface area contributed by atoms with Gasteiger partial charge in [0.25, 0.3) is 5.91 Å². The average molecular weight is 355 g/mol. The molecule has 0 aliphatic carbocycles. The molecule has 2 aromatic heterocycles. The molecule has 3 rings (SSSR count). The van der Waals surface area contributed by atoms with E-state index in [-0.39, 0.29) is 12.5 Å². The molecule has 0 spiro atoms. The Morgan fingerprint density at radius 1 is 1.23 bits per heavy atom. The number of rotatable bonds is 6. The fourth-order valence-electron chi connectivity index (χ4n) is 2.56. The van der Waals surface area contributed by atoms with E-state index in [2.05, 4.69) is 25.9 Å². The quantitative estimate of drug-likeness (QED) is 0.725. The van der Waals surface area contributed by atoms with Crippen molar-refractivity contribution < 1.29 is 9.53 Å². The maximum atomic E-state index is 12.4. The minimum atomic E-state index is -0.189. The molecule has 0 atom stereocenters. The van der Waals surface area contributed by atoms with Crippen LogP contribution in [-0.2, 0) is 20.2 Å². The van der Waals surface area contributed by atoms with Gasteiger partial charge in [-0.15, -0.1) is 5.10 Å². The van der Waals surface area contributed by atoms with Gasteiger partial charge in [-0.2, -0.15) is 5.10 Å². The number of hydrogen-bond acceptors (Lipinski definition) is 6. The SMILES string of the molecule is CCn1nnnc1COc1ccc(C(=O)Nc2c(C)nn(C)c2C)cc1. The molecule has 0 fully saturated rings. The van der Waals surface area contributed by atoms with Crippen LogP contribution in [0.3, 0.4) is 0 Å². The first-order valence-electron chi connectivity index (χ1n) is 8.29. The molecule has 3 aromatic rings. The summed E-state index contributed by atoms with van der Waals surface area (Å²) >= 11 is 0. The molecule has 9 nitrogen and oxygen atoms in total. The van der Waals surface area contributed by atoms with Gasteiger partial charge in [0, 0.05) is 19.2 Å². The van der Waals surface area contributed by atoms with Gasteiger partial charge in [0.05, 0.1) is 17.1 Å². The van der Waals surface area contributed by atoms with Crippen molar-refractivity contribution in [3.05, 3.63) is 47.0 Å². The lowest BCUT2D eigenvalue weighted by Crippen LogP contribution is -2.13. The zero-order valence-corrected chi connectivity index (χ0v) is 15.2. The Morgan fingerprint density at radius 2 is 1.96 bits per heavy atom. The molecule has 0 aliphatic rings. The van der Waals surface area contributed by atoms with Crippen LogP contribution in [0.4, 0.5) is 5.69 Å². The first-order valence-corrected chi connectivity index (χ1v) is 8.29. The van der Waals surface area contributed by atoms with Crippen LogP contribution < -0.4 is 10.1 Å². The zero-order chi connectivity index (χ0) is 18.7. The number of benzene rings is 1. The molecule has 2 heterocycles. The van der Waals surface area contributed by atoms with E-state index in [0.29, 0.717) is 23.7 Å². The summed E-state index contributed by atoms with van der Waals surface area (Å²) in [7, 11) is 1.85. The van der Waals surface area contributed by atoms with Crippen LogP contribution in [0.5, 0.6) is 5.75 Å². The van der Waals surface area contributed by atoms with Crippen molar-refractivity contribution in [2.45, 2.75) is 33.9 Å². The van der Waals surface area contributed by atoms with E-state index in [1.807, 2.05) is 27.8 Å². The van der Waals surface area contributed by atoms with E-state index in [1.54, 1.807) is 33.6 Å². The molecule has 0 bridgehead atoms. The highest BCUT2D eigenvalue weighted by atomic mass is 16.5. The van der Waals surface area contributed by atoms with Crippen LogP contribution in [-0.4, -0.2) is 35.9 Å². The fraction of sp³-hybridized carbons (Fsp3) is 0.353. The maximum Gasteiger partial charge on any atom is 0.255 e. The average Bonchev–Trinajstić information content (AvgIpc) is 3.19. The number of ether oxygens (including phenoxy) is 1. The van der Waals surface area contributed by atoms with Gasteiger partial charge in [0.15, 0.2) is 5.82 Å². The van der Waals surface area contributed by atoms with Gasteiger partial charge in [-0.1, -0.05) is 0 Å². The number of nitrogens with zero attached hydrogens (tertiary/aromatic N) is 6. The Morgan fingerprint density at radius 3 is 2.58 bits per heavy atom. The highest BCUT2D eigenvalue weighted by Crippen LogP contribution is 2.20. The topological polar surface area (TPSA) is 99.8 Å². The molecule has 0 radical (unpaired) electrons. The highest BCUT2D eigenvalue weighted by Gasteiger charge is 2.14. The number of aryl methyl sites for hydroxylation is 3. The second kappa shape index (κ2) is 7.34. The third-order valence-corrected chi connectivity index (χ3v) is 4.14. The van der Waals surface area contributed by atoms with Crippen molar-refractivity contribution in [2.75, 3.05) is 5.32 Å². The largest absolute Gasteiger partial charge is 0.486 e. The van der Waals surface area contributed by atoms with Gasteiger partial charge in [0.1, 0.15) is 12.4 Å². The van der Waals surface area contributed by atoms with Crippen LogP contribution >= 0.6 is 0 Å². The molecule has 0 saturated carbocycles. The summed E-state index contributed by atoms with van der Waals surface area (Å²) in [6, 6.07) is 6.93. The number of carbonyl (C=O) groups is 1. The smallest absolute Gasteiger partial charge is 0.255 e. The summed E-state index contributed by atoms with van der Waals surface area (Å²) in [6.45, 7) is 6.68. The van der Waals surface area contributed by atoms with Crippen molar-refractivity contribution in [1.82, 2.24) is 30.0 Å². The van der Waals surface area contributed by atoms with Crippen LogP contribution in [0, 0.1) is 13.8 Å². The molecule has 1 aromatic carbocycles. The number of carbonyl (C=O) groups excluding carboxylic acids is 1. The minimum absolute atomic E-state index is 0.189. The lowest BCUT2D eigenvalue weighted by molar-refractivity contribution is 0.102. The van der Waals surface area contributed by atoms with Crippen molar-refractivity contribution in [2.24, 2.45) is 7.05 Å². The van der Waals surface area contributed by atoms with Crippen molar-refractivity contribution in [3.8, 4) is 5.75 Å². The number of hydrogen-bond donors (Lipinski definition) is 1. The van der Waals surface area contributed by atoms with Crippen molar-refractivity contribution >= 4 is 11.6 Å². The van der Waals surface area contributed by atoms with Gasteiger partial charge < -0.3 is 10.1 Å². The van der Waals surface area contributed by atoms with E-state index in [4.69, 9.17) is 4.74 Å². The van der Waals surface area contributed by atoms with E-state index in [0.717, 1.165) is 17.1 Å². The highest BCUT2D eigenvalue weighted by molar-refractivity contribution is 6.04. The van der Waals surface area contributed by atoms with E-state index >= 15 is 0 Å². The number of anilines is 1. The Hall–Kier alpha value is -3.23. The summed E-state index contributed by atoms with van der Waals surface area (Å²) in [4.78, 5) is 12.4. The normalized spacial score (nSPS) is 10.8. The molecule has 1 amide bonds. The van der Waals surface area contributed by atoms with Gasteiger partial charge in [-0.25, -0.2) is 4.68 Å². The Bertz CT molecular complexity index is 912. The second-order valence-electron chi connectivity index (χ2n) is 5.85. The first kappa shape index (κ1) is 17.6. The van der Waals surface area contributed by atoms with Crippen LogP contribution in [0.2, 0.25) is 0 Å². The molecule has 0 saturated heterocycles. The van der Waals surface area contributed by atoms with Crippen LogP contribution in [0.1, 0.15) is 34.5 Å². The lowest BCUT2D eigenvalue weighted by atomic mass is 10.2. The third-order valence-electron chi connectivity index (χ3n) is 4.14. The standard InChI is InChI=1S/C17H21N7O2/c1-5-24-15(19-21-22-24)10-26-14-8-6-13(7-9-14)17(25)18-16-11(2)20-23(4)12(16)3/h6-9H,5,10H2,1-4H3,(H,18,25). The Balaban J connectivity index is 1.64. The zero-order valence-electron chi connectivity index (χ0n) is 15.2. The lowest BCUT2D eigenvalue weighted by Gasteiger charge is -2.08. The number of amides is 1. The maximum absolute atomic E-state index is 12.4. The Labute approximate surface area is 151 Å². The van der Waals surface area contributed by atoms with Crippen molar-refractivity contribution in [1.29, 1.82) is 0 Å². The van der Waals surface area contributed by atoms with Crippen LogP contribution in [0.15, 0.2) is 24.3 Å². The van der Waals surface area contributed by atoms with Crippen LogP contribution in [0.25, 0.3) is 0 Å². The molecule has 0 unspecified atom stereocenters. The summed E-state index contributed by atoms with van der Waals surface area (Å²) in [5, 5.41) is 18.6. The number of aromatic nitrogens is 6. The van der Waals surface area contributed by atoms with E-state index < -0.39 is 0 Å². The number of nitrogens with one attached hydrogen (secondary N) is 1. The summed E-state index contributed by atoms with van der Waals surface area (Å²) in [5.41, 5.74) is 2.97. The minimum Gasteiger partial charge on any atom is -0.486 e. The Kier molecular flexibility index (Phi) is 4.97. The predicted octanol–water partition coefficient (Wildman–Crippen LogP) is 1.87. The second-order valence-corrected chi connectivity index (χ2v) is 5.85. The fourth-order valence-corrected chi connectivity index (χ4v) is 2.56. The van der Waals surface area contributed by atoms with Gasteiger partial charge in [-0.05, 0) is 55.5 Å². The number of tetrazole rings is 1. The van der Waals surface area contributed by atoms with Crippen molar-refractivity contribution in [3.63, 3.8) is 0 Å². The van der Waals surface area contributed by atoms with Gasteiger partial charge in [-0.3, -0.25) is 9.48 Å². The van der Waals surface area contributed by atoms with Gasteiger partial charge >= 0.3 is 0 Å². The molecular formula is C17H21N7O2. The predicted molar refractivity (Wildman–Crippen MR) is 94.9 cm³/mol. The third kappa shape index (κ3) is 3.56. The van der Waals surface area contributed by atoms with Gasteiger partial charge in [0.2, 0.25) is 0 Å². The monoisotopic (exact) mass is 355 g/mol. The summed E-state index contributed by atoms with van der Waals surface area (Å²) in [5.74, 6) is 1.10. The molecule has 0 aliphatic heterocycles. The first-order chi connectivity index (χ1) is 12.5. The molecule has 136 valence electrons. The molecule has 9 heteroatoms. The molecule has 1 N–H and O–H groups in total. The van der Waals surface area contributed by atoms with E-state index in [1.165, 1.54) is 0 Å². The summed E-state index contributed by atoms with van der Waals surface area (Å²) < 4.78 is 9.09. The molecule has 26 heavy (non-hydrogen) atoms.